The van der Waals surface area contributed by atoms with Gasteiger partial charge in [-0.3, -0.25) is 9.69 Å². The molecule has 3 heteroatoms. The van der Waals surface area contributed by atoms with Gasteiger partial charge in [0.2, 0.25) is 0 Å². The van der Waals surface area contributed by atoms with Crippen molar-refractivity contribution in [1.29, 1.82) is 5.26 Å². The number of ketones is 1. The maximum Gasteiger partial charge on any atom is 0.193 e. The summed E-state index contributed by atoms with van der Waals surface area (Å²) < 4.78 is 0. The van der Waals surface area contributed by atoms with Crippen molar-refractivity contribution in [2.75, 3.05) is 13.1 Å². The number of likely N-dealkylation sites (tertiary alicyclic amines) is 1. The molecule has 1 heterocycles. The van der Waals surface area contributed by atoms with E-state index < -0.39 is 0 Å². The molecule has 0 radical (unpaired) electrons. The number of benzene rings is 2. The molecule has 110 valence electrons. The van der Waals surface area contributed by atoms with Gasteiger partial charge in [0.15, 0.2) is 5.78 Å². The average molecular weight is 290 g/mol. The van der Waals surface area contributed by atoms with Crippen molar-refractivity contribution >= 4 is 5.78 Å². The standard InChI is InChI=1S/C19H18N2O/c20-13-16-4-3-5-18(12-16)19(22)17-8-6-15(7-9-17)14-21-10-1-2-11-21/h3-9,12H,1-2,10-11,14H2. The summed E-state index contributed by atoms with van der Waals surface area (Å²) >= 11 is 0. The second-order valence-electron chi connectivity index (χ2n) is 5.70. The fraction of sp³-hybridized carbons (Fsp3) is 0.263. The van der Waals surface area contributed by atoms with Crippen LogP contribution in [0.1, 0.15) is 39.9 Å². The Morgan fingerprint density at radius 2 is 1.77 bits per heavy atom. The second kappa shape index (κ2) is 6.55. The lowest BCUT2D eigenvalue weighted by molar-refractivity contribution is 0.103. The first-order chi connectivity index (χ1) is 10.8. The molecule has 3 nitrogen and oxygen atoms in total. The van der Waals surface area contributed by atoms with E-state index >= 15 is 0 Å². The zero-order chi connectivity index (χ0) is 15.4. The summed E-state index contributed by atoms with van der Waals surface area (Å²) in [6.45, 7) is 3.29. The van der Waals surface area contributed by atoms with E-state index in [9.17, 15) is 4.79 Å². The lowest BCUT2D eigenvalue weighted by Crippen LogP contribution is -2.18. The smallest absolute Gasteiger partial charge is 0.193 e. The van der Waals surface area contributed by atoms with Crippen molar-refractivity contribution in [2.24, 2.45) is 0 Å². The Bertz CT molecular complexity index is 707. The van der Waals surface area contributed by atoms with Gasteiger partial charge in [-0.25, -0.2) is 0 Å². The normalized spacial score (nSPS) is 14.7. The first-order valence-corrected chi connectivity index (χ1v) is 7.62. The second-order valence-corrected chi connectivity index (χ2v) is 5.70. The summed E-state index contributed by atoms with van der Waals surface area (Å²) in [5.41, 5.74) is 2.98. The van der Waals surface area contributed by atoms with Gasteiger partial charge in [0, 0.05) is 17.7 Å². The molecule has 3 rings (SSSR count). The van der Waals surface area contributed by atoms with Crippen LogP contribution in [0.4, 0.5) is 0 Å². The van der Waals surface area contributed by atoms with Crippen molar-refractivity contribution in [1.82, 2.24) is 4.90 Å². The van der Waals surface area contributed by atoms with Crippen molar-refractivity contribution in [2.45, 2.75) is 19.4 Å². The molecular formula is C19H18N2O. The van der Waals surface area contributed by atoms with E-state index in [-0.39, 0.29) is 5.78 Å². The molecule has 0 saturated carbocycles. The number of carbonyl (C=O) groups is 1. The first-order valence-electron chi connectivity index (χ1n) is 7.62. The van der Waals surface area contributed by atoms with Crippen LogP contribution in [0.3, 0.4) is 0 Å². The average Bonchev–Trinajstić information content (AvgIpc) is 3.08. The third-order valence-corrected chi connectivity index (χ3v) is 4.07. The lowest BCUT2D eigenvalue weighted by atomic mass is 10.0. The summed E-state index contributed by atoms with van der Waals surface area (Å²) in [6, 6.07) is 16.7. The zero-order valence-electron chi connectivity index (χ0n) is 12.5. The Balaban J connectivity index is 1.74. The van der Waals surface area contributed by atoms with E-state index in [0.29, 0.717) is 16.7 Å². The van der Waals surface area contributed by atoms with Gasteiger partial charge in [-0.05, 0) is 43.6 Å². The number of hydrogen-bond acceptors (Lipinski definition) is 3. The molecule has 0 amide bonds. The van der Waals surface area contributed by atoms with E-state index in [4.69, 9.17) is 5.26 Å². The Morgan fingerprint density at radius 3 is 2.45 bits per heavy atom. The summed E-state index contributed by atoms with van der Waals surface area (Å²) in [5.74, 6) is -0.0372. The van der Waals surface area contributed by atoms with Crippen molar-refractivity contribution < 1.29 is 4.79 Å². The Morgan fingerprint density at radius 1 is 1.05 bits per heavy atom. The molecule has 1 aliphatic rings. The summed E-state index contributed by atoms with van der Waals surface area (Å²) in [7, 11) is 0. The van der Waals surface area contributed by atoms with Crippen LogP contribution in [0.2, 0.25) is 0 Å². The molecule has 0 aromatic heterocycles. The molecule has 0 atom stereocenters. The Kier molecular flexibility index (Phi) is 4.32. The SMILES string of the molecule is N#Cc1cccc(C(=O)c2ccc(CN3CCCC3)cc2)c1. The highest BCUT2D eigenvalue weighted by Gasteiger charge is 2.13. The number of hydrogen-bond donors (Lipinski definition) is 0. The van der Waals surface area contributed by atoms with Crippen LogP contribution in [0.5, 0.6) is 0 Å². The van der Waals surface area contributed by atoms with Gasteiger partial charge in [0.05, 0.1) is 11.6 Å². The summed E-state index contributed by atoms with van der Waals surface area (Å²) in [6.07, 6.45) is 2.57. The van der Waals surface area contributed by atoms with Crippen molar-refractivity contribution in [3.05, 3.63) is 70.8 Å². The van der Waals surface area contributed by atoms with Gasteiger partial charge in [0.25, 0.3) is 0 Å². The minimum atomic E-state index is -0.0372. The van der Waals surface area contributed by atoms with Gasteiger partial charge in [-0.1, -0.05) is 36.4 Å². The van der Waals surface area contributed by atoms with E-state index in [1.807, 2.05) is 24.3 Å². The number of rotatable bonds is 4. The number of nitrogens with zero attached hydrogens (tertiary/aromatic N) is 2. The van der Waals surface area contributed by atoms with Crippen molar-refractivity contribution in [3.63, 3.8) is 0 Å². The van der Waals surface area contributed by atoms with Crippen LogP contribution < -0.4 is 0 Å². The molecule has 0 N–H and O–H groups in total. The highest BCUT2D eigenvalue weighted by Crippen LogP contribution is 2.16. The maximum atomic E-state index is 12.5. The van der Waals surface area contributed by atoms with Crippen LogP contribution in [-0.2, 0) is 6.54 Å². The molecule has 22 heavy (non-hydrogen) atoms. The van der Waals surface area contributed by atoms with E-state index in [1.54, 1.807) is 24.3 Å². The molecule has 2 aromatic carbocycles. The Labute approximate surface area is 130 Å². The lowest BCUT2D eigenvalue weighted by Gasteiger charge is -2.14. The van der Waals surface area contributed by atoms with E-state index in [1.165, 1.54) is 31.5 Å². The van der Waals surface area contributed by atoms with Crippen LogP contribution in [-0.4, -0.2) is 23.8 Å². The zero-order valence-corrected chi connectivity index (χ0v) is 12.5. The molecule has 1 aliphatic heterocycles. The van der Waals surface area contributed by atoms with Crippen LogP contribution in [0, 0.1) is 11.3 Å². The van der Waals surface area contributed by atoms with E-state index in [2.05, 4.69) is 11.0 Å². The van der Waals surface area contributed by atoms with Gasteiger partial charge in [-0.15, -0.1) is 0 Å². The van der Waals surface area contributed by atoms with Crippen molar-refractivity contribution in [3.8, 4) is 6.07 Å². The third kappa shape index (κ3) is 3.24. The van der Waals surface area contributed by atoms with Crippen LogP contribution in [0.25, 0.3) is 0 Å². The van der Waals surface area contributed by atoms with E-state index in [0.717, 1.165) is 6.54 Å². The molecule has 0 spiro atoms. The Hall–Kier alpha value is -2.44. The van der Waals surface area contributed by atoms with Gasteiger partial charge >= 0.3 is 0 Å². The fourth-order valence-electron chi connectivity index (χ4n) is 2.86. The maximum absolute atomic E-state index is 12.5. The van der Waals surface area contributed by atoms with Gasteiger partial charge in [-0.2, -0.15) is 5.26 Å². The first kappa shape index (κ1) is 14.5. The largest absolute Gasteiger partial charge is 0.299 e. The number of carbonyl (C=O) groups excluding carboxylic acids is 1. The molecule has 0 aliphatic carbocycles. The molecule has 2 aromatic rings. The predicted octanol–water partition coefficient (Wildman–Crippen LogP) is 3.39. The quantitative estimate of drug-likeness (QED) is 0.811. The highest BCUT2D eigenvalue weighted by molar-refractivity contribution is 6.09. The third-order valence-electron chi connectivity index (χ3n) is 4.07. The summed E-state index contributed by atoms with van der Waals surface area (Å²) in [5, 5.41) is 8.92. The van der Waals surface area contributed by atoms with Gasteiger partial charge in [0.1, 0.15) is 0 Å². The fourth-order valence-corrected chi connectivity index (χ4v) is 2.86. The summed E-state index contributed by atoms with van der Waals surface area (Å²) in [4.78, 5) is 14.9. The molecule has 0 bridgehead atoms. The minimum absolute atomic E-state index is 0.0372. The highest BCUT2D eigenvalue weighted by atomic mass is 16.1. The number of nitriles is 1. The minimum Gasteiger partial charge on any atom is -0.299 e. The van der Waals surface area contributed by atoms with Gasteiger partial charge < -0.3 is 0 Å². The monoisotopic (exact) mass is 290 g/mol. The molecule has 1 saturated heterocycles. The van der Waals surface area contributed by atoms with Crippen LogP contribution >= 0.6 is 0 Å². The molecule has 0 unspecified atom stereocenters. The predicted molar refractivity (Wildman–Crippen MR) is 85.5 cm³/mol. The molecule has 1 fully saturated rings. The van der Waals surface area contributed by atoms with Crippen LogP contribution in [0.15, 0.2) is 48.5 Å². The topological polar surface area (TPSA) is 44.1 Å². The molecular weight excluding hydrogens is 272 g/mol.